The number of nitrogens with two attached hydrogens (primary N) is 1. The first-order valence-corrected chi connectivity index (χ1v) is 3.37. The van der Waals surface area contributed by atoms with E-state index in [0.717, 1.165) is 5.71 Å². The number of hydrogen-bond donors (Lipinski definition) is 1. The van der Waals surface area contributed by atoms with Gasteiger partial charge in [-0.3, -0.25) is 0 Å². The molecule has 0 aliphatic heterocycles. The van der Waals surface area contributed by atoms with Gasteiger partial charge in [-0.1, -0.05) is 5.16 Å². The summed E-state index contributed by atoms with van der Waals surface area (Å²) in [4.78, 5) is 5.09. The first kappa shape index (κ1) is 9.43. The highest BCUT2D eigenvalue weighted by atomic mass is 16.6. The van der Waals surface area contributed by atoms with Gasteiger partial charge in [0.25, 0.3) is 0 Å². The molecule has 0 aromatic rings. The van der Waals surface area contributed by atoms with Crippen LogP contribution in [0.1, 0.15) is 27.7 Å². The smallest absolute Gasteiger partial charge is 0.129 e. The summed E-state index contributed by atoms with van der Waals surface area (Å²) in [7, 11) is 0. The molecule has 60 valence electrons. The molecular weight excluding hydrogens is 128 g/mol. The average molecular weight is 144 g/mol. The van der Waals surface area contributed by atoms with Crippen LogP contribution < -0.4 is 5.73 Å². The molecule has 3 heteroatoms. The Hall–Kier alpha value is -0.570. The van der Waals surface area contributed by atoms with E-state index in [1.165, 1.54) is 0 Å². The molecule has 0 aromatic carbocycles. The molecule has 0 spiro atoms. The second-order valence-electron chi connectivity index (χ2n) is 3.23. The van der Waals surface area contributed by atoms with Crippen LogP contribution in [0.5, 0.6) is 0 Å². The van der Waals surface area contributed by atoms with Crippen LogP contribution in [0.3, 0.4) is 0 Å². The lowest BCUT2D eigenvalue weighted by Crippen LogP contribution is -2.18. The molecule has 0 aliphatic carbocycles. The van der Waals surface area contributed by atoms with E-state index in [9.17, 15) is 0 Å². The molecule has 0 atom stereocenters. The van der Waals surface area contributed by atoms with E-state index in [1.54, 1.807) is 0 Å². The number of rotatable bonds is 2. The highest BCUT2D eigenvalue weighted by Gasteiger charge is 2.09. The van der Waals surface area contributed by atoms with Crippen LogP contribution in [0.2, 0.25) is 0 Å². The van der Waals surface area contributed by atoms with Gasteiger partial charge in [0.15, 0.2) is 0 Å². The van der Waals surface area contributed by atoms with Crippen LogP contribution in [0.25, 0.3) is 0 Å². The third-order valence-electron chi connectivity index (χ3n) is 0.771. The van der Waals surface area contributed by atoms with E-state index < -0.39 is 0 Å². The monoisotopic (exact) mass is 144 g/mol. The van der Waals surface area contributed by atoms with Crippen molar-refractivity contribution in [2.75, 3.05) is 6.54 Å². The molecule has 0 fully saturated rings. The molecule has 0 heterocycles. The topological polar surface area (TPSA) is 47.6 Å². The number of hydrogen-bond acceptors (Lipinski definition) is 3. The molecule has 0 radical (unpaired) electrons. The molecule has 10 heavy (non-hydrogen) atoms. The van der Waals surface area contributed by atoms with Crippen molar-refractivity contribution in [3.05, 3.63) is 0 Å². The first-order chi connectivity index (χ1) is 4.45. The van der Waals surface area contributed by atoms with Gasteiger partial charge in [-0.2, -0.15) is 0 Å². The van der Waals surface area contributed by atoms with Gasteiger partial charge in [-0.25, -0.2) is 0 Å². The first-order valence-electron chi connectivity index (χ1n) is 3.37. The highest BCUT2D eigenvalue weighted by Crippen LogP contribution is 2.06. The van der Waals surface area contributed by atoms with Gasteiger partial charge < -0.3 is 10.6 Å². The fraction of sp³-hybridized carbons (Fsp3) is 0.857. The van der Waals surface area contributed by atoms with E-state index in [2.05, 4.69) is 5.16 Å². The van der Waals surface area contributed by atoms with Gasteiger partial charge in [-0.05, 0) is 27.7 Å². The molecule has 0 unspecified atom stereocenters. The van der Waals surface area contributed by atoms with Crippen molar-refractivity contribution in [3.8, 4) is 0 Å². The third kappa shape index (κ3) is 5.56. The fourth-order valence-corrected chi connectivity index (χ4v) is 0.252. The molecule has 0 rings (SSSR count). The lowest BCUT2D eigenvalue weighted by molar-refractivity contribution is 0.000643. The lowest BCUT2D eigenvalue weighted by atomic mass is 10.2. The van der Waals surface area contributed by atoms with Crippen LogP contribution in [-0.4, -0.2) is 17.9 Å². The van der Waals surface area contributed by atoms with Crippen molar-refractivity contribution >= 4 is 5.71 Å². The molecule has 0 saturated heterocycles. The summed E-state index contributed by atoms with van der Waals surface area (Å²) in [6.07, 6.45) is 0. The zero-order chi connectivity index (χ0) is 8.20. The Kier molecular flexibility index (Phi) is 3.36. The third-order valence-corrected chi connectivity index (χ3v) is 0.771. The van der Waals surface area contributed by atoms with Crippen molar-refractivity contribution < 1.29 is 4.84 Å². The van der Waals surface area contributed by atoms with Gasteiger partial charge in [0, 0.05) is 6.54 Å². The van der Waals surface area contributed by atoms with Crippen LogP contribution >= 0.6 is 0 Å². The Morgan fingerprint density at radius 1 is 1.50 bits per heavy atom. The summed E-state index contributed by atoms with van der Waals surface area (Å²) in [5.74, 6) is 0. The maximum atomic E-state index is 5.29. The van der Waals surface area contributed by atoms with E-state index >= 15 is 0 Å². The number of oxime groups is 1. The van der Waals surface area contributed by atoms with Gasteiger partial charge in [0.05, 0.1) is 5.71 Å². The summed E-state index contributed by atoms with van der Waals surface area (Å²) in [6, 6.07) is 0. The molecule has 0 bridgehead atoms. The Morgan fingerprint density at radius 2 is 2.00 bits per heavy atom. The van der Waals surface area contributed by atoms with Crippen molar-refractivity contribution in [1.82, 2.24) is 0 Å². The summed E-state index contributed by atoms with van der Waals surface area (Å²) in [6.45, 7) is 8.13. The number of nitrogens with zero attached hydrogens (tertiary/aromatic N) is 1. The molecule has 0 amide bonds. The molecule has 3 nitrogen and oxygen atoms in total. The van der Waals surface area contributed by atoms with E-state index in [4.69, 9.17) is 10.6 Å². The SMILES string of the molecule is CC(CN)=NOC(C)(C)C. The predicted molar refractivity (Wildman–Crippen MR) is 43.0 cm³/mol. The Morgan fingerprint density at radius 3 is 2.30 bits per heavy atom. The summed E-state index contributed by atoms with van der Waals surface area (Å²) in [5, 5.41) is 3.81. The van der Waals surface area contributed by atoms with Crippen molar-refractivity contribution in [2.45, 2.75) is 33.3 Å². The zero-order valence-electron chi connectivity index (χ0n) is 7.14. The Balaban J connectivity index is 3.73. The largest absolute Gasteiger partial charge is 0.390 e. The summed E-state index contributed by atoms with van der Waals surface area (Å²) in [5.41, 5.74) is 5.89. The second-order valence-corrected chi connectivity index (χ2v) is 3.23. The van der Waals surface area contributed by atoms with Crippen molar-refractivity contribution in [1.29, 1.82) is 0 Å². The van der Waals surface area contributed by atoms with E-state index in [1.807, 2.05) is 27.7 Å². The minimum absolute atomic E-state index is 0.212. The summed E-state index contributed by atoms with van der Waals surface area (Å²) < 4.78 is 0. The normalized spacial score (nSPS) is 13.5. The van der Waals surface area contributed by atoms with Gasteiger partial charge in [-0.15, -0.1) is 0 Å². The maximum absolute atomic E-state index is 5.29. The molecule has 0 aliphatic rings. The minimum atomic E-state index is -0.212. The van der Waals surface area contributed by atoms with Crippen LogP contribution in [0, 0.1) is 0 Å². The highest BCUT2D eigenvalue weighted by molar-refractivity contribution is 5.83. The Labute approximate surface area is 62.2 Å². The second kappa shape index (κ2) is 3.56. The van der Waals surface area contributed by atoms with Crippen LogP contribution in [0.15, 0.2) is 5.16 Å². The lowest BCUT2D eigenvalue weighted by Gasteiger charge is -2.15. The van der Waals surface area contributed by atoms with Crippen LogP contribution in [0.4, 0.5) is 0 Å². The van der Waals surface area contributed by atoms with E-state index in [-0.39, 0.29) is 5.60 Å². The molecular formula is C7H16N2O. The minimum Gasteiger partial charge on any atom is -0.390 e. The Bertz CT molecular complexity index is 124. The quantitative estimate of drug-likeness (QED) is 0.466. The molecule has 0 saturated carbocycles. The van der Waals surface area contributed by atoms with Gasteiger partial charge >= 0.3 is 0 Å². The fourth-order valence-electron chi connectivity index (χ4n) is 0.252. The molecule has 2 N–H and O–H groups in total. The summed E-state index contributed by atoms with van der Waals surface area (Å²) >= 11 is 0. The van der Waals surface area contributed by atoms with Crippen molar-refractivity contribution in [3.63, 3.8) is 0 Å². The van der Waals surface area contributed by atoms with Crippen LogP contribution in [-0.2, 0) is 4.84 Å². The zero-order valence-corrected chi connectivity index (χ0v) is 7.14. The average Bonchev–Trinajstić information content (AvgIpc) is 1.81. The standard InChI is InChI=1S/C7H16N2O/c1-6(5-8)9-10-7(2,3)4/h5,8H2,1-4H3. The van der Waals surface area contributed by atoms with Crippen molar-refractivity contribution in [2.24, 2.45) is 10.9 Å². The maximum Gasteiger partial charge on any atom is 0.129 e. The van der Waals surface area contributed by atoms with Gasteiger partial charge in [0.1, 0.15) is 5.60 Å². The predicted octanol–water partition coefficient (Wildman–Crippen LogP) is 1.14. The van der Waals surface area contributed by atoms with E-state index in [0.29, 0.717) is 6.54 Å². The van der Waals surface area contributed by atoms with Gasteiger partial charge in [0.2, 0.25) is 0 Å². The molecule has 0 aromatic heterocycles.